The molecule has 0 aliphatic carbocycles. The Morgan fingerprint density at radius 1 is 1.25 bits per heavy atom. The van der Waals surface area contributed by atoms with Crippen LogP contribution in [0.5, 0.6) is 0 Å². The van der Waals surface area contributed by atoms with Crippen molar-refractivity contribution in [1.29, 1.82) is 0 Å². The van der Waals surface area contributed by atoms with E-state index in [9.17, 15) is 4.79 Å². The number of hydrogen-bond donors (Lipinski definition) is 0. The summed E-state index contributed by atoms with van der Waals surface area (Å²) in [6.45, 7) is 7.34. The van der Waals surface area contributed by atoms with Crippen LogP contribution in [0.1, 0.15) is 25.0 Å². The fraction of sp³-hybridized carbons (Fsp3) is 0.500. The quantitative estimate of drug-likeness (QED) is 0.759. The summed E-state index contributed by atoms with van der Waals surface area (Å²) in [5, 5.41) is 0. The van der Waals surface area contributed by atoms with Gasteiger partial charge in [0.15, 0.2) is 0 Å². The first-order valence-corrected chi connectivity index (χ1v) is 5.76. The van der Waals surface area contributed by atoms with Crippen molar-refractivity contribution in [1.82, 2.24) is 4.90 Å². The number of carbonyl (C=O) groups excluding carboxylic acids is 1. The highest BCUT2D eigenvalue weighted by atomic mass is 16.1. The van der Waals surface area contributed by atoms with E-state index < -0.39 is 0 Å². The van der Waals surface area contributed by atoms with Crippen LogP contribution in [-0.2, 0) is 11.3 Å². The average Bonchev–Trinajstić information content (AvgIpc) is 2.21. The molecule has 2 heteroatoms. The molecule has 0 saturated heterocycles. The minimum absolute atomic E-state index is 0.125. The molecule has 0 heterocycles. The van der Waals surface area contributed by atoms with E-state index in [1.807, 2.05) is 20.9 Å². The standard InChI is InChI=1S/C14H21NO/c1-11(2)14(16)10-15(4)9-13-7-5-12(3)6-8-13/h5-8,11H,9-10H2,1-4H3. The lowest BCUT2D eigenvalue weighted by Crippen LogP contribution is -2.28. The van der Waals surface area contributed by atoms with Gasteiger partial charge in [-0.2, -0.15) is 0 Å². The van der Waals surface area contributed by atoms with Crippen molar-refractivity contribution in [3.8, 4) is 0 Å². The van der Waals surface area contributed by atoms with Crippen LogP contribution in [0.2, 0.25) is 0 Å². The van der Waals surface area contributed by atoms with Crippen molar-refractivity contribution in [2.24, 2.45) is 5.92 Å². The van der Waals surface area contributed by atoms with Crippen LogP contribution in [-0.4, -0.2) is 24.3 Å². The van der Waals surface area contributed by atoms with E-state index in [1.54, 1.807) is 0 Å². The smallest absolute Gasteiger partial charge is 0.149 e. The fourth-order valence-electron chi connectivity index (χ4n) is 1.51. The van der Waals surface area contributed by atoms with Gasteiger partial charge in [-0.25, -0.2) is 0 Å². The second-order valence-corrected chi connectivity index (χ2v) is 4.78. The van der Waals surface area contributed by atoms with E-state index in [0.29, 0.717) is 12.3 Å². The van der Waals surface area contributed by atoms with Crippen LogP contribution in [0.25, 0.3) is 0 Å². The molecule has 0 aliphatic heterocycles. The highest BCUT2D eigenvalue weighted by molar-refractivity contribution is 5.82. The zero-order chi connectivity index (χ0) is 12.1. The number of hydrogen-bond acceptors (Lipinski definition) is 2. The van der Waals surface area contributed by atoms with Gasteiger partial charge in [-0.15, -0.1) is 0 Å². The minimum Gasteiger partial charge on any atom is -0.298 e. The summed E-state index contributed by atoms with van der Waals surface area (Å²) >= 11 is 0. The Hall–Kier alpha value is -1.15. The summed E-state index contributed by atoms with van der Waals surface area (Å²) < 4.78 is 0. The van der Waals surface area contributed by atoms with Crippen LogP contribution in [0.15, 0.2) is 24.3 Å². The monoisotopic (exact) mass is 219 g/mol. The van der Waals surface area contributed by atoms with E-state index in [0.717, 1.165) is 6.54 Å². The fourth-order valence-corrected chi connectivity index (χ4v) is 1.51. The van der Waals surface area contributed by atoms with Gasteiger partial charge in [0.1, 0.15) is 5.78 Å². The molecule has 0 saturated carbocycles. The van der Waals surface area contributed by atoms with Gasteiger partial charge in [0, 0.05) is 12.5 Å². The molecule has 0 N–H and O–H groups in total. The van der Waals surface area contributed by atoms with Gasteiger partial charge >= 0.3 is 0 Å². The maximum atomic E-state index is 11.6. The minimum atomic E-state index is 0.125. The first-order chi connectivity index (χ1) is 7.49. The summed E-state index contributed by atoms with van der Waals surface area (Å²) in [4.78, 5) is 13.6. The lowest BCUT2D eigenvalue weighted by Gasteiger charge is -2.17. The third kappa shape index (κ3) is 4.15. The van der Waals surface area contributed by atoms with Crippen molar-refractivity contribution >= 4 is 5.78 Å². The maximum Gasteiger partial charge on any atom is 0.149 e. The van der Waals surface area contributed by atoms with Gasteiger partial charge in [0.2, 0.25) is 0 Å². The molecule has 1 rings (SSSR count). The van der Waals surface area contributed by atoms with Crippen molar-refractivity contribution in [2.75, 3.05) is 13.6 Å². The molecule has 0 spiro atoms. The number of carbonyl (C=O) groups is 1. The van der Waals surface area contributed by atoms with Crippen LogP contribution < -0.4 is 0 Å². The molecule has 2 nitrogen and oxygen atoms in total. The molecule has 1 aromatic rings. The van der Waals surface area contributed by atoms with Crippen molar-refractivity contribution in [3.63, 3.8) is 0 Å². The van der Waals surface area contributed by atoms with Gasteiger partial charge in [0.05, 0.1) is 6.54 Å². The van der Waals surface area contributed by atoms with E-state index in [4.69, 9.17) is 0 Å². The normalized spacial score (nSPS) is 11.1. The average molecular weight is 219 g/mol. The lowest BCUT2D eigenvalue weighted by atomic mass is 10.1. The van der Waals surface area contributed by atoms with Gasteiger partial charge in [-0.3, -0.25) is 9.69 Å². The van der Waals surface area contributed by atoms with E-state index in [1.165, 1.54) is 11.1 Å². The second kappa shape index (κ2) is 5.80. The van der Waals surface area contributed by atoms with E-state index in [2.05, 4.69) is 36.1 Å². The Labute approximate surface area is 98.3 Å². The molecular weight excluding hydrogens is 198 g/mol. The lowest BCUT2D eigenvalue weighted by molar-refractivity contribution is -0.122. The van der Waals surface area contributed by atoms with Gasteiger partial charge < -0.3 is 0 Å². The van der Waals surface area contributed by atoms with Gasteiger partial charge in [-0.05, 0) is 19.5 Å². The van der Waals surface area contributed by atoms with Crippen molar-refractivity contribution in [2.45, 2.75) is 27.3 Å². The Bertz CT molecular complexity index is 340. The predicted octanol–water partition coefficient (Wildman–Crippen LogP) is 2.65. The third-order valence-corrected chi connectivity index (χ3v) is 2.64. The topological polar surface area (TPSA) is 20.3 Å². The maximum absolute atomic E-state index is 11.6. The molecule has 0 fully saturated rings. The highest BCUT2D eigenvalue weighted by Gasteiger charge is 2.10. The number of Topliss-reactive ketones (excluding diaryl/α,β-unsaturated/α-hetero) is 1. The zero-order valence-electron chi connectivity index (χ0n) is 10.7. The number of ketones is 1. The first-order valence-electron chi connectivity index (χ1n) is 5.76. The van der Waals surface area contributed by atoms with Crippen molar-refractivity contribution in [3.05, 3.63) is 35.4 Å². The highest BCUT2D eigenvalue weighted by Crippen LogP contribution is 2.06. The molecule has 0 bridgehead atoms. The molecule has 0 aromatic heterocycles. The molecule has 16 heavy (non-hydrogen) atoms. The Morgan fingerprint density at radius 3 is 2.31 bits per heavy atom. The molecule has 0 aliphatic rings. The van der Waals surface area contributed by atoms with Gasteiger partial charge in [0.25, 0.3) is 0 Å². The molecule has 0 radical (unpaired) electrons. The molecule has 0 atom stereocenters. The van der Waals surface area contributed by atoms with E-state index >= 15 is 0 Å². The van der Waals surface area contributed by atoms with Gasteiger partial charge in [-0.1, -0.05) is 43.7 Å². The van der Waals surface area contributed by atoms with Crippen molar-refractivity contribution < 1.29 is 4.79 Å². The zero-order valence-corrected chi connectivity index (χ0v) is 10.7. The Balaban J connectivity index is 2.48. The number of aryl methyl sites for hydroxylation is 1. The summed E-state index contributed by atoms with van der Waals surface area (Å²) in [7, 11) is 1.99. The Morgan fingerprint density at radius 2 is 1.81 bits per heavy atom. The second-order valence-electron chi connectivity index (χ2n) is 4.78. The van der Waals surface area contributed by atoms with Crippen LogP contribution in [0.4, 0.5) is 0 Å². The van der Waals surface area contributed by atoms with Crippen LogP contribution >= 0.6 is 0 Å². The molecule has 1 aromatic carbocycles. The van der Waals surface area contributed by atoms with E-state index in [-0.39, 0.29) is 5.92 Å². The predicted molar refractivity (Wildman–Crippen MR) is 67.4 cm³/mol. The van der Waals surface area contributed by atoms with Crippen LogP contribution in [0.3, 0.4) is 0 Å². The molecule has 0 amide bonds. The van der Waals surface area contributed by atoms with Crippen LogP contribution in [0, 0.1) is 12.8 Å². The number of benzene rings is 1. The first kappa shape index (κ1) is 12.9. The summed E-state index contributed by atoms with van der Waals surface area (Å²) in [5.74, 6) is 0.426. The Kier molecular flexibility index (Phi) is 4.69. The molecular formula is C14H21NO. The molecule has 88 valence electrons. The summed E-state index contributed by atoms with van der Waals surface area (Å²) in [6.07, 6.45) is 0. The number of likely N-dealkylation sites (N-methyl/N-ethyl adjacent to an activating group) is 1. The number of rotatable bonds is 5. The number of nitrogens with zero attached hydrogens (tertiary/aromatic N) is 1. The largest absolute Gasteiger partial charge is 0.298 e. The summed E-state index contributed by atoms with van der Waals surface area (Å²) in [5.41, 5.74) is 2.52. The summed E-state index contributed by atoms with van der Waals surface area (Å²) in [6, 6.07) is 8.44. The SMILES string of the molecule is Cc1ccc(CN(C)CC(=O)C(C)C)cc1. The molecule has 0 unspecified atom stereocenters. The third-order valence-electron chi connectivity index (χ3n) is 2.64.